The van der Waals surface area contributed by atoms with Crippen molar-refractivity contribution < 1.29 is 9.53 Å². The smallest absolute Gasteiger partial charge is 0.224 e. The van der Waals surface area contributed by atoms with Crippen LogP contribution >= 0.6 is 0 Å². The van der Waals surface area contributed by atoms with E-state index in [9.17, 15) is 4.79 Å². The van der Waals surface area contributed by atoms with Gasteiger partial charge in [0.05, 0.1) is 6.42 Å². The van der Waals surface area contributed by atoms with Crippen LogP contribution in [0.2, 0.25) is 0 Å². The highest BCUT2D eigenvalue weighted by molar-refractivity contribution is 5.79. The molecule has 1 N–H and O–H groups in total. The number of amides is 1. The van der Waals surface area contributed by atoms with Crippen molar-refractivity contribution in [3.8, 4) is 0 Å². The Morgan fingerprint density at radius 2 is 2.22 bits per heavy atom. The maximum Gasteiger partial charge on any atom is 0.224 e. The van der Waals surface area contributed by atoms with Crippen molar-refractivity contribution in [1.82, 2.24) is 5.32 Å². The van der Waals surface area contributed by atoms with Crippen LogP contribution in [0.25, 0.3) is 6.08 Å². The van der Waals surface area contributed by atoms with E-state index in [0.29, 0.717) is 6.42 Å². The van der Waals surface area contributed by atoms with E-state index in [-0.39, 0.29) is 11.9 Å². The molecule has 1 aromatic carbocycles. The van der Waals surface area contributed by atoms with Crippen LogP contribution in [-0.2, 0) is 16.0 Å². The molecule has 1 aliphatic heterocycles. The molecular formula is C15H19NO2. The van der Waals surface area contributed by atoms with Gasteiger partial charge in [-0.25, -0.2) is 0 Å². The Morgan fingerprint density at radius 1 is 1.44 bits per heavy atom. The van der Waals surface area contributed by atoms with E-state index in [2.05, 4.69) is 11.9 Å². The zero-order valence-electron chi connectivity index (χ0n) is 10.5. The van der Waals surface area contributed by atoms with Gasteiger partial charge in [0, 0.05) is 19.3 Å². The quantitative estimate of drug-likeness (QED) is 0.883. The van der Waals surface area contributed by atoms with Crippen LogP contribution in [0.3, 0.4) is 0 Å². The van der Waals surface area contributed by atoms with Crippen LogP contribution in [-0.4, -0.2) is 25.2 Å². The van der Waals surface area contributed by atoms with E-state index in [1.165, 1.54) is 0 Å². The topological polar surface area (TPSA) is 38.3 Å². The SMILES string of the molecule is C=Cc1cccc(CC(=O)NC2CCOCC2)c1. The predicted molar refractivity (Wildman–Crippen MR) is 72.2 cm³/mol. The number of carbonyl (C=O) groups is 1. The van der Waals surface area contributed by atoms with E-state index in [0.717, 1.165) is 37.2 Å². The number of ether oxygens (including phenoxy) is 1. The molecule has 0 radical (unpaired) electrons. The number of hydrogen-bond acceptors (Lipinski definition) is 2. The molecule has 1 aliphatic rings. The highest BCUT2D eigenvalue weighted by Gasteiger charge is 2.15. The van der Waals surface area contributed by atoms with Crippen molar-refractivity contribution in [1.29, 1.82) is 0 Å². The highest BCUT2D eigenvalue weighted by atomic mass is 16.5. The average molecular weight is 245 g/mol. The second-order valence-electron chi connectivity index (χ2n) is 4.58. The average Bonchev–Trinajstić information content (AvgIpc) is 2.40. The molecule has 1 fully saturated rings. The Labute approximate surface area is 108 Å². The van der Waals surface area contributed by atoms with Gasteiger partial charge in [0.1, 0.15) is 0 Å². The molecular weight excluding hydrogens is 226 g/mol. The molecule has 0 spiro atoms. The molecule has 0 saturated carbocycles. The first-order valence-corrected chi connectivity index (χ1v) is 6.36. The van der Waals surface area contributed by atoms with Crippen molar-refractivity contribution in [2.45, 2.75) is 25.3 Å². The lowest BCUT2D eigenvalue weighted by molar-refractivity contribution is -0.121. The van der Waals surface area contributed by atoms with Gasteiger partial charge in [-0.1, -0.05) is 36.9 Å². The number of rotatable bonds is 4. The van der Waals surface area contributed by atoms with E-state index in [1.807, 2.05) is 24.3 Å². The predicted octanol–water partition coefficient (Wildman–Crippen LogP) is 2.17. The first-order chi connectivity index (χ1) is 8.78. The number of benzene rings is 1. The first-order valence-electron chi connectivity index (χ1n) is 6.36. The summed E-state index contributed by atoms with van der Waals surface area (Å²) < 4.78 is 5.27. The summed E-state index contributed by atoms with van der Waals surface area (Å²) in [7, 11) is 0. The summed E-state index contributed by atoms with van der Waals surface area (Å²) in [6.07, 6.45) is 4.05. The van der Waals surface area contributed by atoms with Gasteiger partial charge in [-0.2, -0.15) is 0 Å². The Kier molecular flexibility index (Phi) is 4.53. The summed E-state index contributed by atoms with van der Waals surface area (Å²) in [5, 5.41) is 3.06. The Balaban J connectivity index is 1.87. The number of nitrogens with one attached hydrogen (secondary N) is 1. The summed E-state index contributed by atoms with van der Waals surface area (Å²) in [5.41, 5.74) is 2.07. The van der Waals surface area contributed by atoms with Gasteiger partial charge in [-0.3, -0.25) is 4.79 Å². The van der Waals surface area contributed by atoms with Crippen LogP contribution in [0.5, 0.6) is 0 Å². The third-order valence-corrected chi connectivity index (χ3v) is 3.14. The third-order valence-electron chi connectivity index (χ3n) is 3.14. The lowest BCUT2D eigenvalue weighted by Gasteiger charge is -2.23. The van der Waals surface area contributed by atoms with Crippen molar-refractivity contribution in [2.24, 2.45) is 0 Å². The number of hydrogen-bond donors (Lipinski definition) is 1. The highest BCUT2D eigenvalue weighted by Crippen LogP contribution is 2.09. The van der Waals surface area contributed by atoms with Gasteiger partial charge < -0.3 is 10.1 Å². The fourth-order valence-corrected chi connectivity index (χ4v) is 2.14. The lowest BCUT2D eigenvalue weighted by Crippen LogP contribution is -2.39. The second-order valence-corrected chi connectivity index (χ2v) is 4.58. The fourth-order valence-electron chi connectivity index (χ4n) is 2.14. The molecule has 1 amide bonds. The first kappa shape index (κ1) is 12.8. The molecule has 3 nitrogen and oxygen atoms in total. The van der Waals surface area contributed by atoms with Gasteiger partial charge in [0.15, 0.2) is 0 Å². The van der Waals surface area contributed by atoms with Gasteiger partial charge in [0.25, 0.3) is 0 Å². The van der Waals surface area contributed by atoms with Crippen LogP contribution in [0, 0.1) is 0 Å². The van der Waals surface area contributed by atoms with E-state index < -0.39 is 0 Å². The standard InChI is InChI=1S/C15H19NO2/c1-2-12-4-3-5-13(10-12)11-15(17)16-14-6-8-18-9-7-14/h2-5,10,14H,1,6-9,11H2,(H,16,17). The van der Waals surface area contributed by atoms with Crippen LogP contribution < -0.4 is 5.32 Å². The zero-order valence-corrected chi connectivity index (χ0v) is 10.5. The Hall–Kier alpha value is -1.61. The summed E-state index contributed by atoms with van der Waals surface area (Å²) in [6.45, 7) is 5.22. The minimum Gasteiger partial charge on any atom is -0.381 e. The van der Waals surface area contributed by atoms with Crippen molar-refractivity contribution in [3.63, 3.8) is 0 Å². The van der Waals surface area contributed by atoms with Gasteiger partial charge in [-0.05, 0) is 24.0 Å². The minimum atomic E-state index is 0.0862. The van der Waals surface area contributed by atoms with Gasteiger partial charge >= 0.3 is 0 Å². The van der Waals surface area contributed by atoms with Crippen molar-refractivity contribution in [2.75, 3.05) is 13.2 Å². The van der Waals surface area contributed by atoms with Gasteiger partial charge in [0.2, 0.25) is 5.91 Å². The zero-order chi connectivity index (χ0) is 12.8. The second kappa shape index (κ2) is 6.36. The number of carbonyl (C=O) groups excluding carboxylic acids is 1. The molecule has 0 unspecified atom stereocenters. The molecule has 96 valence electrons. The summed E-state index contributed by atoms with van der Waals surface area (Å²) in [4.78, 5) is 11.9. The summed E-state index contributed by atoms with van der Waals surface area (Å²) in [5.74, 6) is 0.0862. The molecule has 0 atom stereocenters. The molecule has 3 heteroatoms. The largest absolute Gasteiger partial charge is 0.381 e. The molecule has 2 rings (SSSR count). The van der Waals surface area contributed by atoms with Crippen LogP contribution in [0.4, 0.5) is 0 Å². The van der Waals surface area contributed by atoms with E-state index >= 15 is 0 Å². The lowest BCUT2D eigenvalue weighted by atomic mass is 10.1. The van der Waals surface area contributed by atoms with Crippen molar-refractivity contribution >= 4 is 12.0 Å². The Bertz CT molecular complexity index is 422. The molecule has 1 heterocycles. The van der Waals surface area contributed by atoms with Crippen molar-refractivity contribution in [3.05, 3.63) is 42.0 Å². The maximum absolute atomic E-state index is 11.9. The Morgan fingerprint density at radius 3 is 2.94 bits per heavy atom. The molecule has 0 aliphatic carbocycles. The van der Waals surface area contributed by atoms with Crippen LogP contribution in [0.1, 0.15) is 24.0 Å². The molecule has 1 saturated heterocycles. The third kappa shape index (κ3) is 3.70. The monoisotopic (exact) mass is 245 g/mol. The normalized spacial score (nSPS) is 16.2. The fraction of sp³-hybridized carbons (Fsp3) is 0.400. The van der Waals surface area contributed by atoms with E-state index in [1.54, 1.807) is 6.08 Å². The molecule has 18 heavy (non-hydrogen) atoms. The van der Waals surface area contributed by atoms with Gasteiger partial charge in [-0.15, -0.1) is 0 Å². The molecule has 0 bridgehead atoms. The summed E-state index contributed by atoms with van der Waals surface area (Å²) in [6, 6.07) is 8.17. The summed E-state index contributed by atoms with van der Waals surface area (Å²) >= 11 is 0. The molecule has 1 aromatic rings. The van der Waals surface area contributed by atoms with Crippen LogP contribution in [0.15, 0.2) is 30.8 Å². The minimum absolute atomic E-state index is 0.0862. The maximum atomic E-state index is 11.9. The molecule has 0 aromatic heterocycles. The van der Waals surface area contributed by atoms with E-state index in [4.69, 9.17) is 4.74 Å².